The average Bonchev–Trinajstić information content (AvgIpc) is 2.68. The van der Waals surface area contributed by atoms with E-state index in [2.05, 4.69) is 15.3 Å². The summed E-state index contributed by atoms with van der Waals surface area (Å²) in [5, 5.41) is 13.1. The Labute approximate surface area is 152 Å². The van der Waals surface area contributed by atoms with E-state index in [0.717, 1.165) is 17.0 Å². The SMILES string of the molecule is NC(=NCC(O)c1ccncc1)Nc1cccc(Oc2ccccc2)c1. The van der Waals surface area contributed by atoms with E-state index in [9.17, 15) is 5.11 Å². The molecule has 0 saturated carbocycles. The Hall–Kier alpha value is -3.38. The second-order valence-electron chi connectivity index (χ2n) is 5.59. The molecule has 1 atom stereocenters. The van der Waals surface area contributed by atoms with Gasteiger partial charge in [0.05, 0.1) is 12.6 Å². The Kier molecular flexibility index (Phi) is 5.80. The van der Waals surface area contributed by atoms with Crippen LogP contribution < -0.4 is 15.8 Å². The molecule has 0 saturated heterocycles. The highest BCUT2D eigenvalue weighted by Crippen LogP contribution is 2.23. The zero-order valence-electron chi connectivity index (χ0n) is 14.1. The monoisotopic (exact) mass is 348 g/mol. The summed E-state index contributed by atoms with van der Waals surface area (Å²) in [6, 6.07) is 20.4. The van der Waals surface area contributed by atoms with Gasteiger partial charge in [-0.1, -0.05) is 24.3 Å². The number of benzene rings is 2. The molecule has 0 aliphatic carbocycles. The predicted octanol–water partition coefficient (Wildman–Crippen LogP) is 3.33. The van der Waals surface area contributed by atoms with Crippen molar-refractivity contribution < 1.29 is 9.84 Å². The van der Waals surface area contributed by atoms with Crippen LogP contribution in [0, 0.1) is 0 Å². The quantitative estimate of drug-likeness (QED) is 0.469. The van der Waals surface area contributed by atoms with E-state index < -0.39 is 6.10 Å². The van der Waals surface area contributed by atoms with E-state index in [4.69, 9.17) is 10.5 Å². The van der Waals surface area contributed by atoms with Crippen molar-refractivity contribution in [2.24, 2.45) is 10.7 Å². The molecular formula is C20H20N4O2. The van der Waals surface area contributed by atoms with Gasteiger partial charge >= 0.3 is 0 Å². The Morgan fingerprint density at radius 2 is 1.77 bits per heavy atom. The van der Waals surface area contributed by atoms with Crippen molar-refractivity contribution in [2.75, 3.05) is 11.9 Å². The van der Waals surface area contributed by atoms with Crippen molar-refractivity contribution in [1.82, 2.24) is 4.98 Å². The van der Waals surface area contributed by atoms with Gasteiger partial charge < -0.3 is 20.9 Å². The lowest BCUT2D eigenvalue weighted by Crippen LogP contribution is -2.23. The highest BCUT2D eigenvalue weighted by atomic mass is 16.5. The molecular weight excluding hydrogens is 328 g/mol. The van der Waals surface area contributed by atoms with Crippen molar-refractivity contribution in [2.45, 2.75) is 6.10 Å². The van der Waals surface area contributed by atoms with Crippen LogP contribution >= 0.6 is 0 Å². The molecule has 3 rings (SSSR count). The first kappa shape index (κ1) is 17.4. The second-order valence-corrected chi connectivity index (χ2v) is 5.59. The zero-order valence-corrected chi connectivity index (χ0v) is 14.1. The first-order valence-electron chi connectivity index (χ1n) is 8.18. The third-order valence-electron chi connectivity index (χ3n) is 3.61. The van der Waals surface area contributed by atoms with Gasteiger partial charge in [-0.05, 0) is 42.0 Å². The molecule has 1 aromatic heterocycles. The predicted molar refractivity (Wildman–Crippen MR) is 102 cm³/mol. The number of nitrogens with two attached hydrogens (primary N) is 1. The van der Waals surface area contributed by atoms with Crippen LogP contribution in [0.25, 0.3) is 0 Å². The third-order valence-corrected chi connectivity index (χ3v) is 3.61. The Balaban J connectivity index is 1.60. The topological polar surface area (TPSA) is 92.8 Å². The minimum absolute atomic E-state index is 0.156. The van der Waals surface area contributed by atoms with Gasteiger partial charge in [0.25, 0.3) is 0 Å². The average molecular weight is 348 g/mol. The number of para-hydroxylation sites is 1. The van der Waals surface area contributed by atoms with Gasteiger partial charge in [-0.15, -0.1) is 0 Å². The number of aliphatic imine (C=N–C) groups is 1. The molecule has 0 amide bonds. The summed E-state index contributed by atoms with van der Waals surface area (Å²) in [4.78, 5) is 8.10. The summed E-state index contributed by atoms with van der Waals surface area (Å²) in [7, 11) is 0. The number of aromatic nitrogens is 1. The van der Waals surface area contributed by atoms with E-state index in [-0.39, 0.29) is 12.5 Å². The molecule has 6 nitrogen and oxygen atoms in total. The fourth-order valence-corrected chi connectivity index (χ4v) is 2.33. The summed E-state index contributed by atoms with van der Waals surface area (Å²) in [5.74, 6) is 1.66. The van der Waals surface area contributed by atoms with Gasteiger partial charge in [0, 0.05) is 24.1 Å². The van der Waals surface area contributed by atoms with Gasteiger partial charge in [-0.2, -0.15) is 0 Å². The number of pyridine rings is 1. The molecule has 1 unspecified atom stereocenters. The number of nitrogens with one attached hydrogen (secondary N) is 1. The minimum Gasteiger partial charge on any atom is -0.457 e. The number of guanidine groups is 1. The standard InChI is InChI=1S/C20H20N4O2/c21-20(23-14-19(25)15-9-11-22-12-10-15)24-16-5-4-8-18(13-16)26-17-6-2-1-3-7-17/h1-13,19,25H,14H2,(H3,21,23,24). The molecule has 0 aliphatic heterocycles. The maximum absolute atomic E-state index is 10.1. The number of aliphatic hydroxyl groups is 1. The van der Waals surface area contributed by atoms with E-state index >= 15 is 0 Å². The van der Waals surface area contributed by atoms with Crippen LogP contribution in [0.4, 0.5) is 5.69 Å². The number of hydrogen-bond donors (Lipinski definition) is 3. The van der Waals surface area contributed by atoms with Crippen LogP contribution in [0.2, 0.25) is 0 Å². The molecule has 0 bridgehead atoms. The molecule has 1 heterocycles. The molecule has 4 N–H and O–H groups in total. The van der Waals surface area contributed by atoms with Gasteiger partial charge in [-0.3, -0.25) is 9.98 Å². The molecule has 0 fully saturated rings. The fourth-order valence-electron chi connectivity index (χ4n) is 2.33. The van der Waals surface area contributed by atoms with Crippen molar-refractivity contribution in [3.8, 4) is 11.5 Å². The Morgan fingerprint density at radius 3 is 2.54 bits per heavy atom. The summed E-state index contributed by atoms with van der Waals surface area (Å²) >= 11 is 0. The largest absolute Gasteiger partial charge is 0.457 e. The highest BCUT2D eigenvalue weighted by Gasteiger charge is 2.06. The lowest BCUT2D eigenvalue weighted by Gasteiger charge is -2.11. The van der Waals surface area contributed by atoms with E-state index in [1.165, 1.54) is 0 Å². The van der Waals surface area contributed by atoms with Crippen LogP contribution in [-0.4, -0.2) is 22.6 Å². The number of rotatable bonds is 6. The molecule has 3 aromatic rings. The van der Waals surface area contributed by atoms with Crippen LogP contribution in [-0.2, 0) is 0 Å². The lowest BCUT2D eigenvalue weighted by molar-refractivity contribution is 0.187. The van der Waals surface area contributed by atoms with E-state index in [1.54, 1.807) is 24.5 Å². The van der Waals surface area contributed by atoms with Crippen molar-refractivity contribution >= 4 is 11.6 Å². The highest BCUT2D eigenvalue weighted by molar-refractivity contribution is 5.92. The maximum Gasteiger partial charge on any atom is 0.193 e. The third kappa shape index (κ3) is 5.06. The molecule has 0 radical (unpaired) electrons. The summed E-state index contributed by atoms with van der Waals surface area (Å²) in [6.07, 6.45) is 2.52. The Morgan fingerprint density at radius 1 is 1.04 bits per heavy atom. The van der Waals surface area contributed by atoms with Crippen LogP contribution in [0.3, 0.4) is 0 Å². The number of ether oxygens (including phenoxy) is 1. The maximum atomic E-state index is 10.1. The van der Waals surface area contributed by atoms with Crippen molar-refractivity contribution in [3.05, 3.63) is 84.7 Å². The minimum atomic E-state index is -0.730. The second kappa shape index (κ2) is 8.64. The molecule has 26 heavy (non-hydrogen) atoms. The van der Waals surface area contributed by atoms with Gasteiger partial charge in [0.2, 0.25) is 0 Å². The van der Waals surface area contributed by atoms with Crippen LogP contribution in [0.5, 0.6) is 11.5 Å². The molecule has 132 valence electrons. The van der Waals surface area contributed by atoms with Gasteiger partial charge in [-0.25, -0.2) is 0 Å². The fraction of sp³-hybridized carbons (Fsp3) is 0.100. The zero-order chi connectivity index (χ0) is 18.2. The number of hydrogen-bond acceptors (Lipinski definition) is 4. The van der Waals surface area contributed by atoms with Crippen LogP contribution in [0.15, 0.2) is 84.1 Å². The molecule has 6 heteroatoms. The first-order chi connectivity index (χ1) is 12.7. The summed E-state index contributed by atoms with van der Waals surface area (Å²) in [5.41, 5.74) is 7.40. The van der Waals surface area contributed by atoms with Crippen LogP contribution in [0.1, 0.15) is 11.7 Å². The summed E-state index contributed by atoms with van der Waals surface area (Å²) in [6.45, 7) is 0.156. The first-order valence-corrected chi connectivity index (χ1v) is 8.18. The smallest absolute Gasteiger partial charge is 0.193 e. The van der Waals surface area contributed by atoms with Gasteiger partial charge in [0.15, 0.2) is 5.96 Å². The number of aliphatic hydroxyl groups excluding tert-OH is 1. The van der Waals surface area contributed by atoms with E-state index in [0.29, 0.717) is 5.75 Å². The lowest BCUT2D eigenvalue weighted by atomic mass is 10.1. The normalized spacial score (nSPS) is 12.4. The molecule has 0 aliphatic rings. The van der Waals surface area contributed by atoms with E-state index in [1.807, 2.05) is 54.6 Å². The number of nitrogens with zero attached hydrogens (tertiary/aromatic N) is 2. The number of anilines is 1. The van der Waals surface area contributed by atoms with Gasteiger partial charge in [0.1, 0.15) is 11.5 Å². The van der Waals surface area contributed by atoms with Crippen molar-refractivity contribution in [1.29, 1.82) is 0 Å². The van der Waals surface area contributed by atoms with Crippen molar-refractivity contribution in [3.63, 3.8) is 0 Å². The molecule has 2 aromatic carbocycles. The molecule has 0 spiro atoms. The summed E-state index contributed by atoms with van der Waals surface area (Å²) < 4.78 is 5.79. The Bertz CT molecular complexity index is 854.